The first-order valence-corrected chi connectivity index (χ1v) is 10.3. The van der Waals surface area contributed by atoms with Gasteiger partial charge in [0.25, 0.3) is 5.91 Å². The second kappa shape index (κ2) is 7.62. The van der Waals surface area contributed by atoms with Crippen LogP contribution in [0.15, 0.2) is 30.6 Å². The quantitative estimate of drug-likeness (QED) is 0.648. The molecule has 0 saturated carbocycles. The van der Waals surface area contributed by atoms with E-state index < -0.39 is 11.3 Å². The van der Waals surface area contributed by atoms with Crippen LogP contribution in [0.5, 0.6) is 0 Å². The van der Waals surface area contributed by atoms with E-state index in [0.717, 1.165) is 11.3 Å². The van der Waals surface area contributed by atoms with Crippen LogP contribution < -0.4 is 10.2 Å². The number of rotatable bonds is 5. The molecule has 0 aliphatic carbocycles. The van der Waals surface area contributed by atoms with E-state index in [1.807, 2.05) is 13.8 Å². The van der Waals surface area contributed by atoms with Crippen LogP contribution in [-0.2, 0) is 18.4 Å². The molecule has 2 amide bonds. The number of thiazole rings is 1. The van der Waals surface area contributed by atoms with Gasteiger partial charge >= 0.3 is 0 Å². The minimum Gasteiger partial charge on any atom is -0.391 e. The summed E-state index contributed by atoms with van der Waals surface area (Å²) in [5.41, 5.74) is 0.777. The lowest BCUT2D eigenvalue weighted by Gasteiger charge is -2.18. The average molecular weight is 427 g/mol. The molecule has 156 valence electrons. The second-order valence-electron chi connectivity index (χ2n) is 7.78. The van der Waals surface area contributed by atoms with Crippen molar-refractivity contribution in [1.82, 2.24) is 19.7 Å². The summed E-state index contributed by atoms with van der Waals surface area (Å²) in [4.78, 5) is 36.6. The van der Waals surface area contributed by atoms with Gasteiger partial charge in [0.05, 0.1) is 23.4 Å². The number of pyridine rings is 1. The van der Waals surface area contributed by atoms with Crippen LogP contribution in [0.25, 0.3) is 10.7 Å². The fourth-order valence-electron chi connectivity index (χ4n) is 3.30. The van der Waals surface area contributed by atoms with E-state index in [9.17, 15) is 14.7 Å². The number of amides is 2. The van der Waals surface area contributed by atoms with Gasteiger partial charge < -0.3 is 10.4 Å². The maximum Gasteiger partial charge on any atom is 0.274 e. The van der Waals surface area contributed by atoms with E-state index in [1.165, 1.54) is 11.3 Å². The lowest BCUT2D eigenvalue weighted by molar-refractivity contribution is -0.124. The smallest absolute Gasteiger partial charge is 0.274 e. The number of aliphatic hydroxyl groups is 1. The van der Waals surface area contributed by atoms with E-state index in [2.05, 4.69) is 20.4 Å². The van der Waals surface area contributed by atoms with Crippen molar-refractivity contribution in [3.63, 3.8) is 0 Å². The summed E-state index contributed by atoms with van der Waals surface area (Å²) in [5.74, 6) is 0.0151. The Bertz CT molecular complexity index is 1120. The molecule has 3 aromatic rings. The molecule has 0 radical (unpaired) electrons. The van der Waals surface area contributed by atoms with Crippen molar-refractivity contribution in [2.24, 2.45) is 12.5 Å². The van der Waals surface area contributed by atoms with Gasteiger partial charge in [-0.1, -0.05) is 19.9 Å². The number of nitrogens with zero attached hydrogens (tertiary/aromatic N) is 5. The van der Waals surface area contributed by atoms with Crippen molar-refractivity contribution in [3.8, 4) is 10.7 Å². The van der Waals surface area contributed by atoms with Crippen LogP contribution in [0.3, 0.4) is 0 Å². The summed E-state index contributed by atoms with van der Waals surface area (Å²) in [7, 11) is 1.74. The molecule has 0 bridgehead atoms. The maximum atomic E-state index is 12.9. The molecule has 0 aromatic carbocycles. The Morgan fingerprint density at radius 3 is 2.83 bits per heavy atom. The number of carbonyl (C=O) groups excluding carboxylic acids is 2. The van der Waals surface area contributed by atoms with Gasteiger partial charge in [-0.3, -0.25) is 19.2 Å². The first-order chi connectivity index (χ1) is 14.3. The lowest BCUT2D eigenvalue weighted by atomic mass is 9.92. The summed E-state index contributed by atoms with van der Waals surface area (Å²) < 4.78 is 1.57. The van der Waals surface area contributed by atoms with Crippen molar-refractivity contribution >= 4 is 34.7 Å². The van der Waals surface area contributed by atoms with Crippen molar-refractivity contribution in [2.45, 2.75) is 26.9 Å². The lowest BCUT2D eigenvalue weighted by Crippen LogP contribution is -2.32. The molecule has 1 aliphatic rings. The zero-order valence-corrected chi connectivity index (χ0v) is 17.7. The first kappa shape index (κ1) is 20.2. The number of nitrogens with one attached hydrogen (secondary N) is 1. The number of aromatic nitrogens is 4. The van der Waals surface area contributed by atoms with Gasteiger partial charge in [-0.05, 0) is 18.6 Å². The molecule has 10 heteroatoms. The number of anilines is 2. The van der Waals surface area contributed by atoms with E-state index in [1.54, 1.807) is 47.2 Å². The summed E-state index contributed by atoms with van der Waals surface area (Å²) in [6.45, 7) is 4.28. The van der Waals surface area contributed by atoms with E-state index in [4.69, 9.17) is 0 Å². The summed E-state index contributed by atoms with van der Waals surface area (Å²) >= 11 is 1.32. The van der Waals surface area contributed by atoms with Gasteiger partial charge in [-0.25, -0.2) is 9.97 Å². The molecule has 1 fully saturated rings. The third-order valence-corrected chi connectivity index (χ3v) is 6.01. The standard InChI is InChI=1S/C20H22N6O3S/c1-20(2)7-8-26(19(20)29)16-15(10-25(3)24-16)23-17(28)13-5-4-6-14(22-13)18-21-9-12(11-27)30-18/h4-6,9-10,27H,7-8,11H2,1-3H3,(H,23,28). The summed E-state index contributed by atoms with van der Waals surface area (Å²) in [5, 5.41) is 17.1. The third-order valence-electron chi connectivity index (χ3n) is 5.01. The van der Waals surface area contributed by atoms with Crippen LogP contribution in [0.1, 0.15) is 35.6 Å². The summed E-state index contributed by atoms with van der Waals surface area (Å²) in [6, 6.07) is 5.10. The number of aryl methyl sites for hydroxylation is 1. The number of aliphatic hydroxyl groups excluding tert-OH is 1. The van der Waals surface area contributed by atoms with Crippen LogP contribution in [-0.4, -0.2) is 43.2 Å². The van der Waals surface area contributed by atoms with Crippen molar-refractivity contribution in [2.75, 3.05) is 16.8 Å². The van der Waals surface area contributed by atoms with Crippen LogP contribution in [0.4, 0.5) is 11.5 Å². The molecular weight excluding hydrogens is 404 g/mol. The molecule has 0 spiro atoms. The molecule has 0 atom stereocenters. The van der Waals surface area contributed by atoms with Crippen molar-refractivity contribution in [1.29, 1.82) is 0 Å². The number of hydrogen-bond acceptors (Lipinski definition) is 7. The number of hydrogen-bond donors (Lipinski definition) is 2. The van der Waals surface area contributed by atoms with Crippen molar-refractivity contribution < 1.29 is 14.7 Å². The minimum atomic E-state index is -0.449. The molecule has 1 saturated heterocycles. The van der Waals surface area contributed by atoms with Crippen molar-refractivity contribution in [3.05, 3.63) is 41.2 Å². The fraction of sp³-hybridized carbons (Fsp3) is 0.350. The highest BCUT2D eigenvalue weighted by atomic mass is 32.1. The Hall–Kier alpha value is -3.11. The topological polar surface area (TPSA) is 113 Å². The molecule has 4 heterocycles. The molecule has 0 unspecified atom stereocenters. The zero-order chi connectivity index (χ0) is 21.5. The Balaban J connectivity index is 1.58. The zero-order valence-electron chi connectivity index (χ0n) is 16.9. The predicted molar refractivity (Wildman–Crippen MR) is 113 cm³/mol. The van der Waals surface area contributed by atoms with Crippen LogP contribution in [0, 0.1) is 5.41 Å². The molecule has 3 aromatic heterocycles. The van der Waals surface area contributed by atoms with E-state index in [0.29, 0.717) is 28.8 Å². The largest absolute Gasteiger partial charge is 0.391 e. The van der Waals surface area contributed by atoms with Crippen LogP contribution in [0.2, 0.25) is 0 Å². The molecule has 2 N–H and O–H groups in total. The Morgan fingerprint density at radius 2 is 2.17 bits per heavy atom. The Labute approximate surface area is 177 Å². The minimum absolute atomic E-state index is 0.0136. The predicted octanol–water partition coefficient (Wildman–Crippen LogP) is 2.45. The SMILES string of the molecule is Cn1cc(NC(=O)c2cccc(-c3ncc(CO)s3)n2)c(N2CCC(C)(C)C2=O)n1. The maximum absolute atomic E-state index is 12.9. The Kier molecular flexibility index (Phi) is 5.12. The van der Waals surface area contributed by atoms with Gasteiger partial charge in [0, 0.05) is 25.2 Å². The van der Waals surface area contributed by atoms with Gasteiger partial charge in [0.1, 0.15) is 16.4 Å². The highest BCUT2D eigenvalue weighted by molar-refractivity contribution is 7.14. The molecule has 1 aliphatic heterocycles. The van der Waals surface area contributed by atoms with Gasteiger partial charge in [-0.15, -0.1) is 11.3 Å². The number of carbonyl (C=O) groups is 2. The Morgan fingerprint density at radius 1 is 1.37 bits per heavy atom. The van der Waals surface area contributed by atoms with E-state index >= 15 is 0 Å². The highest BCUT2D eigenvalue weighted by Crippen LogP contribution is 2.36. The molecule has 9 nitrogen and oxygen atoms in total. The average Bonchev–Trinajstić information content (AvgIpc) is 3.41. The fourth-order valence-corrected chi connectivity index (χ4v) is 4.04. The highest BCUT2D eigenvalue weighted by Gasteiger charge is 2.41. The third kappa shape index (κ3) is 3.71. The molecule has 30 heavy (non-hydrogen) atoms. The molecular formula is C20H22N6O3S. The molecule has 4 rings (SSSR count). The monoisotopic (exact) mass is 426 g/mol. The summed E-state index contributed by atoms with van der Waals surface area (Å²) in [6.07, 6.45) is 3.98. The van der Waals surface area contributed by atoms with Gasteiger partial charge in [0.15, 0.2) is 5.82 Å². The normalized spacial score (nSPS) is 15.6. The second-order valence-corrected chi connectivity index (χ2v) is 8.90. The van der Waals surface area contributed by atoms with E-state index in [-0.39, 0.29) is 18.2 Å². The van der Waals surface area contributed by atoms with Gasteiger partial charge in [0.2, 0.25) is 5.91 Å². The van der Waals surface area contributed by atoms with Gasteiger partial charge in [-0.2, -0.15) is 5.10 Å². The van der Waals surface area contributed by atoms with Crippen LogP contribution >= 0.6 is 11.3 Å². The first-order valence-electron chi connectivity index (χ1n) is 9.48.